The van der Waals surface area contributed by atoms with Crippen LogP contribution < -0.4 is 10.1 Å². The van der Waals surface area contributed by atoms with Crippen LogP contribution in [0.1, 0.15) is 26.7 Å². The molecule has 1 N–H and O–H groups in total. The first-order valence-corrected chi connectivity index (χ1v) is 7.83. The summed E-state index contributed by atoms with van der Waals surface area (Å²) in [6, 6.07) is 9.19. The average Bonchev–Trinajstić information content (AvgIpc) is 2.47. The summed E-state index contributed by atoms with van der Waals surface area (Å²) in [5.74, 6) is 0.383. The second-order valence-electron chi connectivity index (χ2n) is 4.41. The Hall–Kier alpha value is -1.67. The third kappa shape index (κ3) is 5.14. The van der Waals surface area contributed by atoms with E-state index >= 15 is 0 Å². The summed E-state index contributed by atoms with van der Waals surface area (Å²) in [5.41, 5.74) is 0. The van der Waals surface area contributed by atoms with Gasteiger partial charge in [-0.15, -0.1) is 11.8 Å². The summed E-state index contributed by atoms with van der Waals surface area (Å²) in [7, 11) is 0. The lowest BCUT2D eigenvalue weighted by molar-refractivity contribution is -0.127. The topological polar surface area (TPSA) is 62.1 Å². The second kappa shape index (κ2) is 8.49. The van der Waals surface area contributed by atoms with E-state index in [2.05, 4.69) is 11.4 Å². The SMILES string of the molecule is CCC[C@@H](C#N)NC(=O)[C@H](C)Oc1ccc(SC)cc1. The Morgan fingerprint density at radius 1 is 1.45 bits per heavy atom. The number of rotatable bonds is 7. The molecule has 0 aliphatic rings. The molecule has 20 heavy (non-hydrogen) atoms. The minimum absolute atomic E-state index is 0.265. The van der Waals surface area contributed by atoms with Gasteiger partial charge in [-0.2, -0.15) is 5.26 Å². The van der Waals surface area contributed by atoms with Gasteiger partial charge in [0.05, 0.1) is 6.07 Å². The lowest BCUT2D eigenvalue weighted by atomic mass is 10.2. The fraction of sp³-hybridized carbons (Fsp3) is 0.467. The van der Waals surface area contributed by atoms with Crippen molar-refractivity contribution in [1.29, 1.82) is 5.26 Å². The third-order valence-corrected chi connectivity index (χ3v) is 3.53. The van der Waals surface area contributed by atoms with Gasteiger partial charge in [-0.1, -0.05) is 13.3 Å². The van der Waals surface area contributed by atoms with Crippen LogP contribution in [0.15, 0.2) is 29.2 Å². The van der Waals surface area contributed by atoms with Crippen molar-refractivity contribution in [2.75, 3.05) is 6.26 Å². The van der Waals surface area contributed by atoms with E-state index in [-0.39, 0.29) is 5.91 Å². The maximum atomic E-state index is 11.9. The molecule has 0 bridgehead atoms. The highest BCUT2D eigenvalue weighted by atomic mass is 32.2. The maximum Gasteiger partial charge on any atom is 0.261 e. The fourth-order valence-corrected chi connectivity index (χ4v) is 2.07. The Kier molecular flexibility index (Phi) is 6.96. The number of ether oxygens (including phenoxy) is 1. The van der Waals surface area contributed by atoms with E-state index in [4.69, 9.17) is 10.00 Å². The number of nitrogens with zero attached hydrogens (tertiary/aromatic N) is 1. The van der Waals surface area contributed by atoms with Crippen LogP contribution in [0.5, 0.6) is 5.75 Å². The van der Waals surface area contributed by atoms with Crippen LogP contribution in [0.25, 0.3) is 0 Å². The Morgan fingerprint density at radius 3 is 2.60 bits per heavy atom. The number of hydrogen-bond donors (Lipinski definition) is 1. The molecule has 0 fully saturated rings. The van der Waals surface area contributed by atoms with Crippen molar-refractivity contribution < 1.29 is 9.53 Å². The van der Waals surface area contributed by atoms with Crippen LogP contribution in [0.4, 0.5) is 0 Å². The first-order chi connectivity index (χ1) is 9.60. The highest BCUT2D eigenvalue weighted by molar-refractivity contribution is 7.98. The van der Waals surface area contributed by atoms with E-state index in [0.717, 1.165) is 11.3 Å². The van der Waals surface area contributed by atoms with Gasteiger partial charge in [0.1, 0.15) is 11.8 Å². The second-order valence-corrected chi connectivity index (χ2v) is 5.29. The molecule has 4 nitrogen and oxygen atoms in total. The van der Waals surface area contributed by atoms with Crippen molar-refractivity contribution in [1.82, 2.24) is 5.32 Å². The van der Waals surface area contributed by atoms with Crippen LogP contribution in [0, 0.1) is 11.3 Å². The molecule has 0 heterocycles. The van der Waals surface area contributed by atoms with E-state index in [0.29, 0.717) is 12.2 Å². The molecule has 1 aromatic rings. The van der Waals surface area contributed by atoms with Crippen LogP contribution in [0.2, 0.25) is 0 Å². The lowest BCUT2D eigenvalue weighted by Gasteiger charge is -2.17. The molecule has 0 aliphatic carbocycles. The molecule has 1 rings (SSSR count). The van der Waals surface area contributed by atoms with Crippen molar-refractivity contribution in [3.63, 3.8) is 0 Å². The summed E-state index contributed by atoms with van der Waals surface area (Å²) in [5, 5.41) is 11.6. The molecular formula is C15H20N2O2S. The Morgan fingerprint density at radius 2 is 2.10 bits per heavy atom. The van der Waals surface area contributed by atoms with Gasteiger partial charge in [0.2, 0.25) is 0 Å². The first kappa shape index (κ1) is 16.4. The molecule has 0 aliphatic heterocycles. The minimum Gasteiger partial charge on any atom is -0.481 e. The normalized spacial score (nSPS) is 13.1. The molecule has 2 atom stereocenters. The Labute approximate surface area is 124 Å². The summed E-state index contributed by atoms with van der Waals surface area (Å²) < 4.78 is 5.57. The standard InChI is InChI=1S/C15H20N2O2S/c1-4-5-12(10-16)17-15(18)11(2)19-13-6-8-14(20-3)9-7-13/h6-9,11-12H,4-5H2,1-3H3,(H,17,18)/t11-,12-/m0/s1. The van der Waals surface area contributed by atoms with Gasteiger partial charge < -0.3 is 10.1 Å². The van der Waals surface area contributed by atoms with Gasteiger partial charge >= 0.3 is 0 Å². The summed E-state index contributed by atoms with van der Waals surface area (Å²) in [6.07, 6.45) is 2.88. The molecule has 108 valence electrons. The molecule has 1 amide bonds. The van der Waals surface area contributed by atoms with Crippen molar-refractivity contribution in [3.8, 4) is 11.8 Å². The van der Waals surface area contributed by atoms with Crippen molar-refractivity contribution in [3.05, 3.63) is 24.3 Å². The maximum absolute atomic E-state index is 11.9. The van der Waals surface area contributed by atoms with Crippen molar-refractivity contribution >= 4 is 17.7 Å². The minimum atomic E-state index is -0.622. The monoisotopic (exact) mass is 292 g/mol. The van der Waals surface area contributed by atoms with Gasteiger partial charge in [0, 0.05) is 4.90 Å². The quantitative estimate of drug-likeness (QED) is 0.785. The van der Waals surface area contributed by atoms with E-state index in [1.807, 2.05) is 37.4 Å². The predicted octanol–water partition coefficient (Wildman–Crippen LogP) is 2.98. The summed E-state index contributed by atoms with van der Waals surface area (Å²) >= 11 is 1.65. The van der Waals surface area contributed by atoms with E-state index in [9.17, 15) is 4.79 Å². The molecule has 0 saturated heterocycles. The molecule has 0 saturated carbocycles. The molecule has 0 spiro atoms. The van der Waals surface area contributed by atoms with E-state index in [1.54, 1.807) is 18.7 Å². The number of carbonyl (C=O) groups is 1. The van der Waals surface area contributed by atoms with E-state index in [1.165, 1.54) is 0 Å². The van der Waals surface area contributed by atoms with Crippen molar-refractivity contribution in [2.45, 2.75) is 43.7 Å². The lowest BCUT2D eigenvalue weighted by Crippen LogP contribution is -2.41. The number of carbonyl (C=O) groups excluding carboxylic acids is 1. The Balaban J connectivity index is 2.54. The average molecular weight is 292 g/mol. The van der Waals surface area contributed by atoms with Gasteiger partial charge in [-0.3, -0.25) is 4.79 Å². The highest BCUT2D eigenvalue weighted by Crippen LogP contribution is 2.19. The molecule has 1 aromatic carbocycles. The van der Waals surface area contributed by atoms with Crippen LogP contribution in [0.3, 0.4) is 0 Å². The fourth-order valence-electron chi connectivity index (χ4n) is 1.66. The van der Waals surface area contributed by atoms with Crippen LogP contribution in [-0.4, -0.2) is 24.3 Å². The molecule has 0 aromatic heterocycles. The number of amides is 1. The van der Waals surface area contributed by atoms with Crippen molar-refractivity contribution in [2.24, 2.45) is 0 Å². The zero-order chi connectivity index (χ0) is 15.0. The number of thioether (sulfide) groups is 1. The van der Waals surface area contributed by atoms with E-state index < -0.39 is 12.1 Å². The number of benzene rings is 1. The first-order valence-electron chi connectivity index (χ1n) is 6.61. The number of hydrogen-bond acceptors (Lipinski definition) is 4. The van der Waals surface area contributed by atoms with Gasteiger partial charge in [-0.05, 0) is 43.9 Å². The van der Waals surface area contributed by atoms with Gasteiger partial charge in [-0.25, -0.2) is 0 Å². The molecule has 0 radical (unpaired) electrons. The molecule has 0 unspecified atom stereocenters. The highest BCUT2D eigenvalue weighted by Gasteiger charge is 2.18. The van der Waals surface area contributed by atoms with Crippen LogP contribution in [-0.2, 0) is 4.79 Å². The number of nitriles is 1. The zero-order valence-corrected chi connectivity index (χ0v) is 12.9. The smallest absolute Gasteiger partial charge is 0.261 e. The summed E-state index contributed by atoms with van der Waals surface area (Å²) in [6.45, 7) is 3.65. The molecular weight excluding hydrogens is 272 g/mol. The van der Waals surface area contributed by atoms with Gasteiger partial charge in [0.25, 0.3) is 5.91 Å². The van der Waals surface area contributed by atoms with Gasteiger partial charge in [0.15, 0.2) is 6.10 Å². The number of nitrogens with one attached hydrogen (secondary N) is 1. The predicted molar refractivity (Wildman–Crippen MR) is 80.8 cm³/mol. The van der Waals surface area contributed by atoms with Crippen LogP contribution >= 0.6 is 11.8 Å². The molecule has 5 heteroatoms. The largest absolute Gasteiger partial charge is 0.481 e. The third-order valence-electron chi connectivity index (χ3n) is 2.79. The Bertz CT molecular complexity index is 468. The zero-order valence-electron chi connectivity index (χ0n) is 12.1. The summed E-state index contributed by atoms with van der Waals surface area (Å²) in [4.78, 5) is 13.1.